The molecule has 2 heteroatoms. The number of allylic oxidation sites excluding steroid dienone is 1. The van der Waals surface area contributed by atoms with Crippen LogP contribution in [0.4, 0.5) is 0 Å². The van der Waals surface area contributed by atoms with Crippen LogP contribution in [-0.4, -0.2) is 9.52 Å². The van der Waals surface area contributed by atoms with Gasteiger partial charge in [-0.05, 0) is 81.2 Å². The molecule has 1 atom stereocenters. The molecule has 1 aliphatic rings. The fourth-order valence-electron chi connectivity index (χ4n) is 7.06. The van der Waals surface area contributed by atoms with Crippen LogP contribution in [0.1, 0.15) is 100 Å². The summed E-state index contributed by atoms with van der Waals surface area (Å²) in [5.41, 5.74) is 14.1. The number of hydrogen-bond acceptors (Lipinski definition) is 0. The molecule has 0 N–H and O–H groups in total. The first-order chi connectivity index (χ1) is 21.3. The maximum atomic E-state index is 4.19. The molecule has 0 spiro atoms. The first-order valence-corrected chi connectivity index (χ1v) is 17.7. The zero-order chi connectivity index (χ0) is 32.1. The van der Waals surface area contributed by atoms with Gasteiger partial charge in [0.1, 0.15) is 0 Å². The van der Waals surface area contributed by atoms with Crippen molar-refractivity contribution in [2.75, 3.05) is 0 Å². The van der Waals surface area contributed by atoms with Gasteiger partial charge < -0.3 is 21.8 Å². The van der Waals surface area contributed by atoms with Gasteiger partial charge in [0.05, 0.1) is 9.52 Å². The fraction of sp³-hybridized carbons (Fsp3) is 0.304. The number of hydrogen-bond donors (Lipinski definition) is 0. The molecule has 5 aromatic rings. The van der Waals surface area contributed by atoms with E-state index in [-0.39, 0.29) is 51.5 Å². The molecule has 0 aromatic heterocycles. The summed E-state index contributed by atoms with van der Waals surface area (Å²) in [6.07, 6.45) is 5.83. The van der Waals surface area contributed by atoms with Gasteiger partial charge in [0.2, 0.25) is 0 Å². The van der Waals surface area contributed by atoms with Gasteiger partial charge in [-0.25, -0.2) is 0 Å². The minimum absolute atomic E-state index is 0. The van der Waals surface area contributed by atoms with Crippen molar-refractivity contribution >= 4 is 31.6 Å². The average molecular weight is 814 g/mol. The first kappa shape index (κ1) is 39.8. The molecule has 1 unspecified atom stereocenters. The largest absolute Gasteiger partial charge is 4.00 e. The average Bonchev–Trinajstić information content (AvgIpc) is 3.55. The standard InChI is InChI=1S/C44H48Si.2CH3.Hf/c1-10-11-15-39-38-18-13-17-37(35-22-20-32(24-29(35)3)44(7,8)9)41(38)27-42(39)45-33-25-30-14-12-16-36(40(30)26-33)34-21-19-31(23-28(34)2)43(4,5)6;;;/h12-14,16-27,39H,1,10-11,15H2,2-9H3;2*1H3;/q-2;2*-1;+4. The molecule has 246 valence electrons. The van der Waals surface area contributed by atoms with Crippen molar-refractivity contribution in [2.45, 2.75) is 91.4 Å². The van der Waals surface area contributed by atoms with E-state index in [1.165, 1.54) is 71.6 Å². The third kappa shape index (κ3) is 7.86. The van der Waals surface area contributed by atoms with Crippen LogP contribution in [0, 0.1) is 35.6 Å². The Bertz CT molecular complexity index is 1900. The Morgan fingerprint density at radius 1 is 0.708 bits per heavy atom. The number of fused-ring (bicyclic) bond motifs is 2. The topological polar surface area (TPSA) is 0 Å². The summed E-state index contributed by atoms with van der Waals surface area (Å²) in [6, 6.07) is 32.8. The summed E-state index contributed by atoms with van der Waals surface area (Å²) in [5, 5.41) is 5.71. The van der Waals surface area contributed by atoms with E-state index in [0.29, 0.717) is 15.4 Å². The van der Waals surface area contributed by atoms with E-state index in [0.717, 1.165) is 19.3 Å². The van der Waals surface area contributed by atoms with E-state index in [1.54, 1.807) is 5.20 Å². The van der Waals surface area contributed by atoms with Crippen LogP contribution in [0.2, 0.25) is 0 Å². The van der Waals surface area contributed by atoms with Crippen molar-refractivity contribution in [1.82, 2.24) is 0 Å². The molecule has 2 radical (unpaired) electrons. The van der Waals surface area contributed by atoms with Crippen molar-refractivity contribution in [3.63, 3.8) is 0 Å². The molecule has 0 nitrogen and oxygen atoms in total. The van der Waals surface area contributed by atoms with Crippen molar-refractivity contribution in [3.8, 4) is 22.3 Å². The van der Waals surface area contributed by atoms with Crippen LogP contribution in [0.3, 0.4) is 0 Å². The first-order valence-electron chi connectivity index (χ1n) is 16.7. The number of benzene rings is 4. The number of aryl methyl sites for hydroxylation is 2. The Balaban J connectivity index is 0.00000208. The molecule has 48 heavy (non-hydrogen) atoms. The molecular weight excluding hydrogens is 759 g/mol. The second-order valence-electron chi connectivity index (χ2n) is 15.2. The van der Waals surface area contributed by atoms with Gasteiger partial charge in [0.15, 0.2) is 0 Å². The number of rotatable bonds is 7. The molecular formula is C46H54HfSi. The van der Waals surface area contributed by atoms with Gasteiger partial charge in [0, 0.05) is 5.92 Å². The summed E-state index contributed by atoms with van der Waals surface area (Å²) in [6.45, 7) is 22.5. The van der Waals surface area contributed by atoms with E-state index in [9.17, 15) is 0 Å². The predicted octanol–water partition coefficient (Wildman–Crippen LogP) is 12.5. The summed E-state index contributed by atoms with van der Waals surface area (Å²) in [5.74, 6) is 0.457. The van der Waals surface area contributed by atoms with Gasteiger partial charge in [0.25, 0.3) is 0 Å². The van der Waals surface area contributed by atoms with Gasteiger partial charge in [-0.1, -0.05) is 125 Å². The zero-order valence-corrected chi connectivity index (χ0v) is 35.7. The van der Waals surface area contributed by atoms with E-state index in [2.05, 4.69) is 153 Å². The van der Waals surface area contributed by atoms with Crippen LogP contribution in [0.25, 0.3) is 39.1 Å². The van der Waals surface area contributed by atoms with Gasteiger partial charge in [-0.3, -0.25) is 0 Å². The molecule has 5 aromatic carbocycles. The van der Waals surface area contributed by atoms with Gasteiger partial charge in [-0.2, -0.15) is 12.5 Å². The van der Waals surface area contributed by atoms with E-state index < -0.39 is 0 Å². The molecule has 0 aliphatic heterocycles. The Kier molecular flexibility index (Phi) is 12.8. The third-order valence-corrected chi connectivity index (χ3v) is 11.1. The fourth-order valence-corrected chi connectivity index (χ4v) is 8.53. The second-order valence-corrected chi connectivity index (χ2v) is 16.6. The van der Waals surface area contributed by atoms with Crippen LogP contribution in [0.15, 0.2) is 90.1 Å². The second kappa shape index (κ2) is 15.5. The van der Waals surface area contributed by atoms with E-state index in [1.807, 2.05) is 0 Å². The minimum Gasteiger partial charge on any atom is -0.358 e. The normalized spacial score (nSPS) is 14.1. The quantitative estimate of drug-likeness (QED) is 0.113. The SMILES string of the molecule is [CH2-]CCCC1C([Si]c2cc3c(-c4ccc(C(C)(C)C)cc4C)cccc3[cH-]2)=Cc2c(-c3ccc(C(C)(C)C)cc3C)cccc21.[CH3-].[CH3-].[Hf+4]. The molecule has 0 heterocycles. The van der Waals surface area contributed by atoms with Crippen molar-refractivity contribution in [3.05, 3.63) is 145 Å². The Hall–Kier alpha value is -2.68. The van der Waals surface area contributed by atoms with Gasteiger partial charge in [-0.15, -0.1) is 34.2 Å². The molecule has 0 saturated carbocycles. The van der Waals surface area contributed by atoms with Crippen molar-refractivity contribution in [2.24, 2.45) is 0 Å². The predicted molar refractivity (Wildman–Crippen MR) is 212 cm³/mol. The molecule has 0 saturated heterocycles. The monoisotopic (exact) mass is 814 g/mol. The van der Waals surface area contributed by atoms with Crippen LogP contribution >= 0.6 is 0 Å². The van der Waals surface area contributed by atoms with Crippen LogP contribution < -0.4 is 5.19 Å². The summed E-state index contributed by atoms with van der Waals surface area (Å²) < 4.78 is 0. The minimum atomic E-state index is 0. The Labute approximate surface area is 314 Å². The van der Waals surface area contributed by atoms with E-state index in [4.69, 9.17) is 0 Å². The molecule has 0 bridgehead atoms. The molecule has 1 aliphatic carbocycles. The van der Waals surface area contributed by atoms with Crippen LogP contribution in [-0.2, 0) is 36.7 Å². The summed E-state index contributed by atoms with van der Waals surface area (Å²) >= 11 is 0. The summed E-state index contributed by atoms with van der Waals surface area (Å²) in [7, 11) is 0.653. The third-order valence-electron chi connectivity index (χ3n) is 9.74. The van der Waals surface area contributed by atoms with E-state index >= 15 is 0 Å². The van der Waals surface area contributed by atoms with Gasteiger partial charge >= 0.3 is 25.8 Å². The molecule has 0 amide bonds. The maximum Gasteiger partial charge on any atom is 4.00 e. The van der Waals surface area contributed by atoms with Crippen molar-refractivity contribution < 1.29 is 25.8 Å². The Morgan fingerprint density at radius 2 is 1.27 bits per heavy atom. The molecule has 0 fully saturated rings. The number of unbranched alkanes of at least 4 members (excludes halogenated alkanes) is 1. The smallest absolute Gasteiger partial charge is 0.358 e. The Morgan fingerprint density at radius 3 is 1.83 bits per heavy atom. The van der Waals surface area contributed by atoms with Crippen LogP contribution in [0.5, 0.6) is 0 Å². The summed E-state index contributed by atoms with van der Waals surface area (Å²) in [4.78, 5) is 0. The maximum absolute atomic E-state index is 4.19. The zero-order valence-electron chi connectivity index (χ0n) is 31.1. The van der Waals surface area contributed by atoms with Crippen molar-refractivity contribution in [1.29, 1.82) is 0 Å². The molecule has 6 rings (SSSR count).